The quantitative estimate of drug-likeness (QED) is 0.842. The molecule has 5 heteroatoms. The molecule has 1 aromatic carbocycles. The van der Waals surface area contributed by atoms with E-state index >= 15 is 0 Å². The maximum atomic E-state index is 12.4. The van der Waals surface area contributed by atoms with E-state index in [1.165, 1.54) is 5.56 Å². The number of hydrogen-bond acceptors (Lipinski definition) is 3. The van der Waals surface area contributed by atoms with Crippen LogP contribution in [0.4, 0.5) is 0 Å². The lowest BCUT2D eigenvalue weighted by Gasteiger charge is -2.24. The Morgan fingerprint density at radius 1 is 1.19 bits per heavy atom. The lowest BCUT2D eigenvalue weighted by molar-refractivity contribution is 0.0747. The van der Waals surface area contributed by atoms with Gasteiger partial charge in [0.25, 0.3) is 5.91 Å². The van der Waals surface area contributed by atoms with E-state index in [-0.39, 0.29) is 28.9 Å². The molecule has 116 valence electrons. The van der Waals surface area contributed by atoms with Gasteiger partial charge in [0.15, 0.2) is 9.84 Å². The van der Waals surface area contributed by atoms with Crippen LogP contribution in [0.5, 0.6) is 0 Å². The second-order valence-electron chi connectivity index (χ2n) is 6.80. The summed E-state index contributed by atoms with van der Waals surface area (Å²) in [6.07, 6.45) is 0.532. The highest BCUT2D eigenvalue weighted by Crippen LogP contribution is 2.23. The number of amides is 1. The molecule has 0 spiro atoms. The van der Waals surface area contributed by atoms with Crippen LogP contribution < -0.4 is 0 Å². The Morgan fingerprint density at radius 2 is 1.76 bits per heavy atom. The van der Waals surface area contributed by atoms with Crippen molar-refractivity contribution < 1.29 is 13.2 Å². The van der Waals surface area contributed by atoms with Gasteiger partial charge in [0, 0.05) is 18.7 Å². The molecule has 1 amide bonds. The van der Waals surface area contributed by atoms with E-state index in [1.54, 1.807) is 11.9 Å². The molecule has 4 nitrogen and oxygen atoms in total. The first-order valence-corrected chi connectivity index (χ1v) is 9.00. The van der Waals surface area contributed by atoms with Crippen LogP contribution in [0, 0.1) is 0 Å². The van der Waals surface area contributed by atoms with Crippen molar-refractivity contribution in [3.8, 4) is 0 Å². The number of sulfone groups is 1. The van der Waals surface area contributed by atoms with Crippen molar-refractivity contribution in [2.24, 2.45) is 0 Å². The van der Waals surface area contributed by atoms with Crippen molar-refractivity contribution in [2.45, 2.75) is 38.6 Å². The first-order valence-electron chi connectivity index (χ1n) is 7.18. The molecular formula is C16H23NO3S. The molecular weight excluding hydrogens is 286 g/mol. The molecule has 0 unspecified atom stereocenters. The van der Waals surface area contributed by atoms with E-state index in [1.807, 2.05) is 24.3 Å². The number of rotatable bonds is 2. The zero-order valence-corrected chi connectivity index (χ0v) is 13.9. The van der Waals surface area contributed by atoms with Crippen molar-refractivity contribution in [1.29, 1.82) is 0 Å². The molecule has 0 bridgehead atoms. The Labute approximate surface area is 127 Å². The summed E-state index contributed by atoms with van der Waals surface area (Å²) < 4.78 is 23.0. The molecule has 0 N–H and O–H groups in total. The second kappa shape index (κ2) is 5.44. The summed E-state index contributed by atoms with van der Waals surface area (Å²) in [4.78, 5) is 14.0. The van der Waals surface area contributed by atoms with E-state index in [0.717, 1.165) is 0 Å². The minimum absolute atomic E-state index is 0.0486. The SMILES string of the molecule is CN(C(=O)c1ccc(C(C)(C)C)cc1)[C@H]1CCS(=O)(=O)C1. The first kappa shape index (κ1) is 16.0. The standard InChI is InChI=1S/C16H23NO3S/c1-16(2,3)13-7-5-12(6-8-13)15(18)17(4)14-9-10-21(19,20)11-14/h5-8,14H,9-11H2,1-4H3/t14-/m0/s1. The highest BCUT2D eigenvalue weighted by atomic mass is 32.2. The molecule has 1 aliphatic heterocycles. The topological polar surface area (TPSA) is 54.5 Å². The summed E-state index contributed by atoms with van der Waals surface area (Å²) in [7, 11) is -1.29. The molecule has 0 aliphatic carbocycles. The van der Waals surface area contributed by atoms with Crippen molar-refractivity contribution in [2.75, 3.05) is 18.6 Å². The third-order valence-electron chi connectivity index (χ3n) is 4.07. The average Bonchev–Trinajstić information content (AvgIpc) is 2.76. The lowest BCUT2D eigenvalue weighted by Crippen LogP contribution is -2.37. The molecule has 0 aromatic heterocycles. The van der Waals surface area contributed by atoms with Gasteiger partial charge in [-0.3, -0.25) is 4.79 Å². The summed E-state index contributed by atoms with van der Waals surface area (Å²) in [5, 5.41) is 0. The number of hydrogen-bond donors (Lipinski definition) is 0. The van der Waals surface area contributed by atoms with Crippen LogP contribution in [0.3, 0.4) is 0 Å². The van der Waals surface area contributed by atoms with Gasteiger partial charge in [-0.2, -0.15) is 0 Å². The van der Waals surface area contributed by atoms with Crippen molar-refractivity contribution >= 4 is 15.7 Å². The summed E-state index contributed by atoms with van der Waals surface area (Å²) in [5.41, 5.74) is 1.83. The molecule has 0 radical (unpaired) electrons. The van der Waals surface area contributed by atoms with Crippen LogP contribution >= 0.6 is 0 Å². The molecule has 1 fully saturated rings. The van der Waals surface area contributed by atoms with E-state index in [4.69, 9.17) is 0 Å². The zero-order chi connectivity index (χ0) is 15.8. The van der Waals surface area contributed by atoms with Crippen LogP contribution in [-0.2, 0) is 15.3 Å². The summed E-state index contributed by atoms with van der Waals surface area (Å²) in [6.45, 7) is 6.37. The van der Waals surface area contributed by atoms with E-state index < -0.39 is 9.84 Å². The maximum absolute atomic E-state index is 12.4. The highest BCUT2D eigenvalue weighted by Gasteiger charge is 2.33. The minimum atomic E-state index is -2.98. The van der Waals surface area contributed by atoms with Gasteiger partial charge in [-0.15, -0.1) is 0 Å². The largest absolute Gasteiger partial charge is 0.338 e. The smallest absolute Gasteiger partial charge is 0.253 e. The Morgan fingerprint density at radius 3 is 2.19 bits per heavy atom. The fourth-order valence-corrected chi connectivity index (χ4v) is 4.34. The molecule has 0 saturated carbocycles. The monoisotopic (exact) mass is 309 g/mol. The van der Waals surface area contributed by atoms with E-state index in [0.29, 0.717) is 12.0 Å². The fourth-order valence-electron chi connectivity index (χ4n) is 2.56. The van der Waals surface area contributed by atoms with Crippen molar-refractivity contribution in [3.63, 3.8) is 0 Å². The van der Waals surface area contributed by atoms with Gasteiger partial charge in [-0.05, 0) is 29.5 Å². The van der Waals surface area contributed by atoms with Crippen LogP contribution in [-0.4, -0.2) is 43.8 Å². The zero-order valence-electron chi connectivity index (χ0n) is 13.1. The number of benzene rings is 1. The third kappa shape index (κ3) is 3.64. The van der Waals surface area contributed by atoms with Crippen LogP contribution in [0.25, 0.3) is 0 Å². The summed E-state index contributed by atoms with van der Waals surface area (Å²) >= 11 is 0. The van der Waals surface area contributed by atoms with Crippen molar-refractivity contribution in [3.05, 3.63) is 35.4 Å². The predicted octanol–water partition coefficient (Wildman–Crippen LogP) is 2.24. The molecule has 1 atom stereocenters. The lowest BCUT2D eigenvalue weighted by atomic mass is 9.86. The van der Waals surface area contributed by atoms with Crippen LogP contribution in [0.15, 0.2) is 24.3 Å². The first-order chi connectivity index (χ1) is 9.60. The van der Waals surface area contributed by atoms with Gasteiger partial charge >= 0.3 is 0 Å². The average molecular weight is 309 g/mol. The Hall–Kier alpha value is -1.36. The minimum Gasteiger partial charge on any atom is -0.338 e. The molecule has 1 saturated heterocycles. The Balaban J connectivity index is 2.13. The number of carbonyl (C=O) groups is 1. The number of carbonyl (C=O) groups excluding carboxylic acids is 1. The fraction of sp³-hybridized carbons (Fsp3) is 0.562. The van der Waals surface area contributed by atoms with Gasteiger partial charge in [0.05, 0.1) is 11.5 Å². The summed E-state index contributed by atoms with van der Waals surface area (Å²) in [6, 6.07) is 7.37. The third-order valence-corrected chi connectivity index (χ3v) is 5.82. The van der Waals surface area contributed by atoms with E-state index in [2.05, 4.69) is 20.8 Å². The van der Waals surface area contributed by atoms with Gasteiger partial charge in [0.1, 0.15) is 0 Å². The van der Waals surface area contributed by atoms with Crippen molar-refractivity contribution in [1.82, 2.24) is 4.90 Å². The second-order valence-corrected chi connectivity index (χ2v) is 9.03. The van der Waals surface area contributed by atoms with Gasteiger partial charge < -0.3 is 4.90 Å². The number of nitrogens with zero attached hydrogens (tertiary/aromatic N) is 1. The van der Waals surface area contributed by atoms with Gasteiger partial charge in [-0.1, -0.05) is 32.9 Å². The Bertz CT molecular complexity index is 626. The van der Waals surface area contributed by atoms with Gasteiger partial charge in [0.2, 0.25) is 0 Å². The molecule has 1 aliphatic rings. The normalized spacial score (nSPS) is 21.2. The van der Waals surface area contributed by atoms with Gasteiger partial charge in [-0.25, -0.2) is 8.42 Å². The molecule has 1 heterocycles. The molecule has 2 rings (SSSR count). The summed E-state index contributed by atoms with van der Waals surface area (Å²) in [5.74, 6) is 0.144. The maximum Gasteiger partial charge on any atom is 0.253 e. The molecule has 1 aromatic rings. The Kier molecular flexibility index (Phi) is 4.15. The molecule has 21 heavy (non-hydrogen) atoms. The van der Waals surface area contributed by atoms with Crippen LogP contribution in [0.2, 0.25) is 0 Å². The predicted molar refractivity (Wildman–Crippen MR) is 84.3 cm³/mol. The van der Waals surface area contributed by atoms with Crippen LogP contribution in [0.1, 0.15) is 43.1 Å². The van der Waals surface area contributed by atoms with E-state index in [9.17, 15) is 13.2 Å². The highest BCUT2D eigenvalue weighted by molar-refractivity contribution is 7.91.